The standard InChI is InChI=1S/C16H19FN2O2S/c1-10(2)15-18-8-13(22-15)14(20)19-9-16(3,21)11-4-6-12(17)7-5-11/h4-8,10,21H,9H2,1-3H3,(H,19,20). The van der Waals surface area contributed by atoms with E-state index in [0.717, 1.165) is 5.01 Å². The lowest BCUT2D eigenvalue weighted by molar-refractivity contribution is 0.0527. The number of nitrogens with one attached hydrogen (secondary N) is 1. The Morgan fingerprint density at radius 2 is 2.05 bits per heavy atom. The number of carbonyl (C=O) groups is 1. The van der Waals surface area contributed by atoms with Gasteiger partial charge < -0.3 is 10.4 Å². The van der Waals surface area contributed by atoms with Gasteiger partial charge in [0.05, 0.1) is 17.7 Å². The second-order valence-corrected chi connectivity index (χ2v) is 6.74. The maximum atomic E-state index is 12.9. The molecule has 0 saturated heterocycles. The smallest absolute Gasteiger partial charge is 0.263 e. The van der Waals surface area contributed by atoms with Gasteiger partial charge in [0.1, 0.15) is 16.3 Å². The van der Waals surface area contributed by atoms with Gasteiger partial charge >= 0.3 is 0 Å². The van der Waals surface area contributed by atoms with Gasteiger partial charge in [0.15, 0.2) is 0 Å². The molecule has 2 rings (SSSR count). The van der Waals surface area contributed by atoms with E-state index in [2.05, 4.69) is 10.3 Å². The maximum absolute atomic E-state index is 12.9. The summed E-state index contributed by atoms with van der Waals surface area (Å²) in [7, 11) is 0. The van der Waals surface area contributed by atoms with Crippen molar-refractivity contribution in [3.63, 3.8) is 0 Å². The molecule has 0 fully saturated rings. The third kappa shape index (κ3) is 3.90. The fourth-order valence-electron chi connectivity index (χ4n) is 1.91. The summed E-state index contributed by atoms with van der Waals surface area (Å²) in [5, 5.41) is 14.0. The fraction of sp³-hybridized carbons (Fsp3) is 0.375. The maximum Gasteiger partial charge on any atom is 0.263 e. The van der Waals surface area contributed by atoms with Crippen LogP contribution in [0.15, 0.2) is 30.5 Å². The molecule has 4 nitrogen and oxygen atoms in total. The molecule has 0 aliphatic heterocycles. The number of amides is 1. The van der Waals surface area contributed by atoms with Gasteiger partial charge in [-0.2, -0.15) is 0 Å². The summed E-state index contributed by atoms with van der Waals surface area (Å²) in [6.45, 7) is 5.64. The molecule has 0 aliphatic carbocycles. The number of aliphatic hydroxyl groups is 1. The lowest BCUT2D eigenvalue weighted by atomic mass is 9.96. The van der Waals surface area contributed by atoms with Crippen molar-refractivity contribution in [2.75, 3.05) is 6.54 Å². The van der Waals surface area contributed by atoms with Gasteiger partial charge in [-0.05, 0) is 24.6 Å². The summed E-state index contributed by atoms with van der Waals surface area (Å²) in [5.74, 6) is -0.366. The number of benzene rings is 1. The molecular formula is C16H19FN2O2S. The lowest BCUT2D eigenvalue weighted by Gasteiger charge is -2.24. The topological polar surface area (TPSA) is 62.2 Å². The molecule has 1 atom stereocenters. The number of rotatable bonds is 5. The van der Waals surface area contributed by atoms with Crippen LogP contribution in [0.3, 0.4) is 0 Å². The van der Waals surface area contributed by atoms with Crippen molar-refractivity contribution in [3.8, 4) is 0 Å². The first-order chi connectivity index (χ1) is 10.3. The molecule has 6 heteroatoms. The molecule has 1 aromatic carbocycles. The zero-order valence-corrected chi connectivity index (χ0v) is 13.6. The Hall–Kier alpha value is -1.79. The second kappa shape index (κ2) is 6.54. The van der Waals surface area contributed by atoms with Gasteiger partial charge in [-0.15, -0.1) is 11.3 Å². The van der Waals surface area contributed by atoms with Crippen LogP contribution in [0.1, 0.15) is 46.9 Å². The Morgan fingerprint density at radius 1 is 1.41 bits per heavy atom. The molecule has 1 amide bonds. The molecule has 118 valence electrons. The Balaban J connectivity index is 2.01. The van der Waals surface area contributed by atoms with E-state index in [4.69, 9.17) is 0 Å². The van der Waals surface area contributed by atoms with Crippen LogP contribution < -0.4 is 5.32 Å². The van der Waals surface area contributed by atoms with Gasteiger partial charge in [0.25, 0.3) is 5.91 Å². The van der Waals surface area contributed by atoms with Crippen LogP contribution in [-0.2, 0) is 5.60 Å². The zero-order chi connectivity index (χ0) is 16.3. The highest BCUT2D eigenvalue weighted by molar-refractivity contribution is 7.13. The van der Waals surface area contributed by atoms with Gasteiger partial charge in [-0.3, -0.25) is 4.79 Å². The van der Waals surface area contributed by atoms with Crippen molar-refractivity contribution in [1.29, 1.82) is 0 Å². The number of thiazole rings is 1. The third-order valence-corrected chi connectivity index (χ3v) is 4.60. The van der Waals surface area contributed by atoms with Crippen LogP contribution in [0.5, 0.6) is 0 Å². The Kier molecular flexibility index (Phi) is 4.93. The Labute approximate surface area is 133 Å². The first kappa shape index (κ1) is 16.6. The number of halogens is 1. The highest BCUT2D eigenvalue weighted by Crippen LogP contribution is 2.22. The quantitative estimate of drug-likeness (QED) is 0.889. The number of aromatic nitrogens is 1. The SMILES string of the molecule is CC(C)c1ncc(C(=O)NCC(C)(O)c2ccc(F)cc2)s1. The largest absolute Gasteiger partial charge is 0.384 e. The van der Waals surface area contributed by atoms with Gasteiger partial charge in [-0.1, -0.05) is 26.0 Å². The molecule has 22 heavy (non-hydrogen) atoms. The van der Waals surface area contributed by atoms with E-state index in [-0.39, 0.29) is 24.2 Å². The average Bonchev–Trinajstić information content (AvgIpc) is 2.95. The predicted octanol–water partition coefficient (Wildman–Crippen LogP) is 3.04. The van der Waals surface area contributed by atoms with Crippen LogP contribution in [0, 0.1) is 5.82 Å². The van der Waals surface area contributed by atoms with Crippen LogP contribution in [0.2, 0.25) is 0 Å². The molecule has 0 radical (unpaired) electrons. The van der Waals surface area contributed by atoms with Gasteiger partial charge in [0.2, 0.25) is 0 Å². The van der Waals surface area contributed by atoms with E-state index in [9.17, 15) is 14.3 Å². The fourth-order valence-corrected chi connectivity index (χ4v) is 2.75. The van der Waals surface area contributed by atoms with E-state index >= 15 is 0 Å². The predicted molar refractivity (Wildman–Crippen MR) is 84.5 cm³/mol. The van der Waals surface area contributed by atoms with Crippen molar-refractivity contribution < 1.29 is 14.3 Å². The minimum atomic E-state index is -1.27. The molecule has 2 aromatic rings. The van der Waals surface area contributed by atoms with Crippen molar-refractivity contribution >= 4 is 17.2 Å². The molecule has 0 bridgehead atoms. The van der Waals surface area contributed by atoms with E-state index in [0.29, 0.717) is 10.4 Å². The van der Waals surface area contributed by atoms with Crippen LogP contribution in [-0.4, -0.2) is 22.5 Å². The number of hydrogen-bond donors (Lipinski definition) is 2. The first-order valence-electron chi connectivity index (χ1n) is 7.02. The third-order valence-electron chi connectivity index (χ3n) is 3.30. The molecule has 2 N–H and O–H groups in total. The van der Waals surface area contributed by atoms with Crippen molar-refractivity contribution in [2.24, 2.45) is 0 Å². The molecule has 0 spiro atoms. The van der Waals surface area contributed by atoms with Gasteiger partial charge in [-0.25, -0.2) is 9.37 Å². The summed E-state index contributed by atoms with van der Waals surface area (Å²) < 4.78 is 12.9. The first-order valence-corrected chi connectivity index (χ1v) is 7.83. The number of hydrogen-bond acceptors (Lipinski definition) is 4. The molecule has 1 heterocycles. The summed E-state index contributed by atoms with van der Waals surface area (Å²) >= 11 is 1.34. The number of carbonyl (C=O) groups excluding carboxylic acids is 1. The summed E-state index contributed by atoms with van der Waals surface area (Å²) in [4.78, 5) is 16.8. The lowest BCUT2D eigenvalue weighted by Crippen LogP contribution is -2.38. The van der Waals surface area contributed by atoms with Crippen molar-refractivity contribution in [1.82, 2.24) is 10.3 Å². The zero-order valence-electron chi connectivity index (χ0n) is 12.8. The normalized spacial score (nSPS) is 13.9. The van der Waals surface area contributed by atoms with Gasteiger partial charge in [0, 0.05) is 5.92 Å². The van der Waals surface area contributed by atoms with E-state index < -0.39 is 5.60 Å². The molecular weight excluding hydrogens is 303 g/mol. The van der Waals surface area contributed by atoms with E-state index in [1.54, 1.807) is 13.1 Å². The Bertz CT molecular complexity index is 650. The molecule has 1 unspecified atom stereocenters. The Morgan fingerprint density at radius 3 is 2.59 bits per heavy atom. The second-order valence-electron chi connectivity index (χ2n) is 5.68. The van der Waals surface area contributed by atoms with Crippen LogP contribution in [0.25, 0.3) is 0 Å². The molecule has 1 aromatic heterocycles. The summed E-state index contributed by atoms with van der Waals surface area (Å²) in [6.07, 6.45) is 1.54. The summed E-state index contributed by atoms with van der Waals surface area (Å²) in [5.41, 5.74) is -0.726. The van der Waals surface area contributed by atoms with E-state index in [1.807, 2.05) is 13.8 Å². The van der Waals surface area contributed by atoms with Crippen LogP contribution in [0.4, 0.5) is 4.39 Å². The minimum Gasteiger partial charge on any atom is -0.384 e. The average molecular weight is 322 g/mol. The van der Waals surface area contributed by atoms with Crippen molar-refractivity contribution in [3.05, 3.63) is 51.7 Å². The highest BCUT2D eigenvalue weighted by Gasteiger charge is 2.24. The van der Waals surface area contributed by atoms with Crippen LogP contribution >= 0.6 is 11.3 Å². The minimum absolute atomic E-state index is 0.0341. The summed E-state index contributed by atoms with van der Waals surface area (Å²) in [6, 6.07) is 5.57. The van der Waals surface area contributed by atoms with E-state index in [1.165, 1.54) is 35.6 Å². The highest BCUT2D eigenvalue weighted by atomic mass is 32.1. The molecule has 0 saturated carbocycles. The monoisotopic (exact) mass is 322 g/mol. The van der Waals surface area contributed by atoms with Crippen molar-refractivity contribution in [2.45, 2.75) is 32.3 Å². The molecule has 0 aliphatic rings. The number of nitrogens with zero attached hydrogens (tertiary/aromatic N) is 1.